The summed E-state index contributed by atoms with van der Waals surface area (Å²) in [7, 11) is 0. The molecule has 0 aliphatic heterocycles. The molecule has 1 N–H and O–H groups in total. The van der Waals surface area contributed by atoms with Crippen molar-refractivity contribution in [2.45, 2.75) is 0 Å². The molecule has 8 aromatic rings. The summed E-state index contributed by atoms with van der Waals surface area (Å²) in [6, 6.07) is 37.5. The summed E-state index contributed by atoms with van der Waals surface area (Å²) in [5.41, 5.74) is 6.11. The van der Waals surface area contributed by atoms with Gasteiger partial charge in [-0.25, -0.2) is 0 Å². The molecule has 0 saturated carbocycles. The van der Waals surface area contributed by atoms with Crippen molar-refractivity contribution >= 4 is 65.2 Å². The van der Waals surface area contributed by atoms with Crippen molar-refractivity contribution in [3.8, 4) is 5.69 Å². The van der Waals surface area contributed by atoms with Crippen molar-refractivity contribution in [2.75, 3.05) is 0 Å². The second-order valence-corrected chi connectivity index (χ2v) is 8.68. The second-order valence-electron chi connectivity index (χ2n) is 8.68. The summed E-state index contributed by atoms with van der Waals surface area (Å²) >= 11 is 0. The van der Waals surface area contributed by atoms with Crippen LogP contribution >= 0.6 is 0 Å². The van der Waals surface area contributed by atoms with Gasteiger partial charge in [0.25, 0.3) is 0 Å². The maximum atomic E-state index is 3.63. The summed E-state index contributed by atoms with van der Waals surface area (Å²) in [5.74, 6) is 0. The maximum absolute atomic E-state index is 3.63. The predicted molar refractivity (Wildman–Crippen MR) is 136 cm³/mol. The van der Waals surface area contributed by atoms with Crippen molar-refractivity contribution in [1.29, 1.82) is 0 Å². The first-order valence-electron chi connectivity index (χ1n) is 11.1. The molecular weight excluding hydrogens is 388 g/mol. The molecule has 32 heavy (non-hydrogen) atoms. The van der Waals surface area contributed by atoms with Crippen LogP contribution < -0.4 is 0 Å². The lowest BCUT2D eigenvalue weighted by atomic mass is 9.93. The molecule has 2 nitrogen and oxygen atoms in total. The van der Waals surface area contributed by atoms with Crippen LogP contribution in [0.5, 0.6) is 0 Å². The zero-order chi connectivity index (χ0) is 20.8. The van der Waals surface area contributed by atoms with Gasteiger partial charge in [0.05, 0.1) is 11.0 Å². The van der Waals surface area contributed by atoms with Gasteiger partial charge < -0.3 is 9.55 Å². The van der Waals surface area contributed by atoms with E-state index in [0.29, 0.717) is 0 Å². The molecule has 0 aliphatic carbocycles. The van der Waals surface area contributed by atoms with Crippen LogP contribution in [0.25, 0.3) is 70.8 Å². The van der Waals surface area contributed by atoms with Crippen LogP contribution in [0.2, 0.25) is 0 Å². The number of para-hydroxylation sites is 2. The zero-order valence-corrected chi connectivity index (χ0v) is 17.3. The minimum atomic E-state index is 1.19. The number of hydrogen-bond acceptors (Lipinski definition) is 0. The molecule has 0 spiro atoms. The highest BCUT2D eigenvalue weighted by atomic mass is 15.0. The highest BCUT2D eigenvalue weighted by Gasteiger charge is 2.20. The van der Waals surface area contributed by atoms with Crippen LogP contribution in [0.15, 0.2) is 103 Å². The molecule has 0 atom stereocenters. The first kappa shape index (κ1) is 16.4. The van der Waals surface area contributed by atoms with E-state index in [-0.39, 0.29) is 0 Å². The smallest absolute Gasteiger partial charge is 0.0547 e. The monoisotopic (exact) mass is 406 g/mol. The molecule has 0 radical (unpaired) electrons. The van der Waals surface area contributed by atoms with Gasteiger partial charge >= 0.3 is 0 Å². The third-order valence-electron chi connectivity index (χ3n) is 7.06. The lowest BCUT2D eigenvalue weighted by Crippen LogP contribution is -1.92. The van der Waals surface area contributed by atoms with E-state index >= 15 is 0 Å². The van der Waals surface area contributed by atoms with E-state index in [0.717, 1.165) is 0 Å². The number of hydrogen-bond donors (Lipinski definition) is 1. The van der Waals surface area contributed by atoms with E-state index < -0.39 is 0 Å². The lowest BCUT2D eigenvalue weighted by Gasteiger charge is -2.09. The molecule has 2 aromatic heterocycles. The molecule has 2 heterocycles. The molecule has 2 heteroatoms. The Balaban J connectivity index is 1.66. The van der Waals surface area contributed by atoms with Gasteiger partial charge in [0, 0.05) is 38.3 Å². The van der Waals surface area contributed by atoms with Crippen molar-refractivity contribution in [2.24, 2.45) is 0 Å². The van der Waals surface area contributed by atoms with E-state index in [2.05, 4.69) is 113 Å². The maximum Gasteiger partial charge on any atom is 0.0547 e. The van der Waals surface area contributed by atoms with Gasteiger partial charge in [0.2, 0.25) is 0 Å². The highest BCUT2D eigenvalue weighted by Crippen LogP contribution is 2.44. The molecule has 0 saturated heterocycles. The standard InChI is InChI=1S/C30H18N2/c1-2-8-18(9-3-1)32-27-14-6-11-20-22-16-24-19-10-4-5-13-25(19)31-26(24)17-23(22)21-12-7-15-28(32)30(21)29(20)27/h1-17,31H. The average molecular weight is 406 g/mol. The number of fused-ring (bicyclic) bond motifs is 6. The van der Waals surface area contributed by atoms with Crippen LogP contribution in [0.3, 0.4) is 0 Å². The normalized spacial score (nSPS) is 12.4. The topological polar surface area (TPSA) is 20.7 Å². The molecule has 0 fully saturated rings. The second kappa shape index (κ2) is 5.68. The Morgan fingerprint density at radius 2 is 1.06 bits per heavy atom. The van der Waals surface area contributed by atoms with Gasteiger partial charge in [-0.1, -0.05) is 60.7 Å². The third kappa shape index (κ3) is 1.91. The van der Waals surface area contributed by atoms with E-state index in [4.69, 9.17) is 0 Å². The molecule has 0 amide bonds. The fourth-order valence-electron chi connectivity index (χ4n) is 5.76. The molecule has 0 aliphatic rings. The van der Waals surface area contributed by atoms with Crippen molar-refractivity contribution in [3.63, 3.8) is 0 Å². The minimum Gasteiger partial charge on any atom is -0.354 e. The molecular formula is C30H18N2. The summed E-state index contributed by atoms with van der Waals surface area (Å²) in [5, 5.41) is 10.5. The fraction of sp³-hybridized carbons (Fsp3) is 0. The Bertz CT molecular complexity index is 1970. The molecule has 6 aromatic carbocycles. The number of nitrogens with zero attached hydrogens (tertiary/aromatic N) is 1. The summed E-state index contributed by atoms with van der Waals surface area (Å²) in [4.78, 5) is 3.63. The average Bonchev–Trinajstić information content (AvgIpc) is 3.39. The van der Waals surface area contributed by atoms with E-state index in [1.807, 2.05) is 0 Å². The Hall–Kier alpha value is -4.30. The zero-order valence-electron chi connectivity index (χ0n) is 17.3. The van der Waals surface area contributed by atoms with Gasteiger partial charge in [-0.05, 0) is 64.0 Å². The van der Waals surface area contributed by atoms with Crippen molar-refractivity contribution in [3.05, 3.63) is 103 Å². The Morgan fingerprint density at radius 1 is 0.438 bits per heavy atom. The van der Waals surface area contributed by atoms with Crippen molar-refractivity contribution < 1.29 is 0 Å². The van der Waals surface area contributed by atoms with Crippen LogP contribution in [0, 0.1) is 0 Å². The fourth-order valence-corrected chi connectivity index (χ4v) is 5.76. The Labute approximate surface area is 183 Å². The van der Waals surface area contributed by atoms with Gasteiger partial charge in [-0.2, -0.15) is 0 Å². The van der Waals surface area contributed by atoms with Crippen LogP contribution in [-0.4, -0.2) is 9.55 Å². The first-order valence-corrected chi connectivity index (χ1v) is 11.1. The minimum absolute atomic E-state index is 1.19. The van der Waals surface area contributed by atoms with Crippen molar-refractivity contribution in [1.82, 2.24) is 9.55 Å². The number of H-pyrrole nitrogens is 1. The SMILES string of the molecule is c1ccc(-n2c3cccc4c5cc6[nH]c7ccccc7c6cc5c5cccc2c5c43)cc1. The lowest BCUT2D eigenvalue weighted by molar-refractivity contribution is 1.18. The van der Waals surface area contributed by atoms with Crippen LogP contribution in [0.1, 0.15) is 0 Å². The molecule has 0 bridgehead atoms. The third-order valence-corrected chi connectivity index (χ3v) is 7.06. The predicted octanol–water partition coefficient (Wildman–Crippen LogP) is 8.16. The number of aromatic nitrogens is 2. The van der Waals surface area contributed by atoms with E-state index in [1.54, 1.807) is 0 Å². The summed E-state index contributed by atoms with van der Waals surface area (Å²) in [6.07, 6.45) is 0. The van der Waals surface area contributed by atoms with E-state index in [1.165, 1.54) is 70.8 Å². The summed E-state index contributed by atoms with van der Waals surface area (Å²) in [6.45, 7) is 0. The Morgan fingerprint density at radius 3 is 1.81 bits per heavy atom. The molecule has 148 valence electrons. The van der Waals surface area contributed by atoms with E-state index in [9.17, 15) is 0 Å². The number of aromatic amines is 1. The quantitative estimate of drug-likeness (QED) is 0.265. The van der Waals surface area contributed by atoms with Gasteiger partial charge in [-0.3, -0.25) is 0 Å². The van der Waals surface area contributed by atoms with Crippen LogP contribution in [0.4, 0.5) is 0 Å². The van der Waals surface area contributed by atoms with Gasteiger partial charge in [0.15, 0.2) is 0 Å². The number of rotatable bonds is 1. The Kier molecular flexibility index (Phi) is 2.91. The van der Waals surface area contributed by atoms with Gasteiger partial charge in [-0.15, -0.1) is 0 Å². The first-order chi connectivity index (χ1) is 15.9. The highest BCUT2D eigenvalue weighted by molar-refractivity contribution is 6.35. The summed E-state index contributed by atoms with van der Waals surface area (Å²) < 4.78 is 2.41. The molecule has 8 rings (SSSR count). The van der Waals surface area contributed by atoms with Gasteiger partial charge in [0.1, 0.15) is 0 Å². The van der Waals surface area contributed by atoms with Crippen LogP contribution in [-0.2, 0) is 0 Å². The largest absolute Gasteiger partial charge is 0.354 e. The number of benzene rings is 6. The molecule has 0 unspecified atom stereocenters. The number of nitrogens with one attached hydrogen (secondary N) is 1.